The number of hydrogen-bond acceptors (Lipinski definition) is 3. The summed E-state index contributed by atoms with van der Waals surface area (Å²) in [5.41, 5.74) is 2.00. The van der Waals surface area contributed by atoms with E-state index in [2.05, 4.69) is 29.9 Å². The lowest BCUT2D eigenvalue weighted by atomic mass is 10.0. The van der Waals surface area contributed by atoms with E-state index in [4.69, 9.17) is 16.3 Å². The van der Waals surface area contributed by atoms with Gasteiger partial charge in [-0.25, -0.2) is 4.98 Å². The van der Waals surface area contributed by atoms with Crippen LogP contribution in [0.3, 0.4) is 0 Å². The molecule has 18 heavy (non-hydrogen) atoms. The summed E-state index contributed by atoms with van der Waals surface area (Å²) < 4.78 is 5.85. The Balaban J connectivity index is 2.37. The molecule has 0 unspecified atom stereocenters. The van der Waals surface area contributed by atoms with E-state index in [9.17, 15) is 0 Å². The minimum Gasteiger partial charge on any atom is -0.438 e. The van der Waals surface area contributed by atoms with Gasteiger partial charge in [-0.3, -0.25) is 0 Å². The van der Waals surface area contributed by atoms with E-state index in [1.54, 1.807) is 6.20 Å². The van der Waals surface area contributed by atoms with Gasteiger partial charge in [-0.1, -0.05) is 32.0 Å². The van der Waals surface area contributed by atoms with Crippen LogP contribution in [0.1, 0.15) is 30.9 Å². The third kappa shape index (κ3) is 2.79. The standard InChI is InChI=1S/C14H15ClN2O/c1-9(2)11-6-4-5-7-12(11)18-13-10(3)8-16-14(15)17-13/h4-9H,1-3H3. The van der Waals surface area contributed by atoms with Crippen LogP contribution in [0, 0.1) is 6.92 Å². The summed E-state index contributed by atoms with van der Waals surface area (Å²) >= 11 is 5.78. The van der Waals surface area contributed by atoms with Crippen LogP contribution in [0.4, 0.5) is 0 Å². The number of hydrogen-bond donors (Lipinski definition) is 0. The number of rotatable bonds is 3. The normalized spacial score (nSPS) is 10.7. The Morgan fingerprint density at radius 2 is 1.94 bits per heavy atom. The van der Waals surface area contributed by atoms with E-state index in [0.717, 1.165) is 16.9 Å². The number of halogens is 1. The molecule has 0 atom stereocenters. The van der Waals surface area contributed by atoms with Crippen LogP contribution in [0.15, 0.2) is 30.5 Å². The monoisotopic (exact) mass is 262 g/mol. The van der Waals surface area contributed by atoms with Crippen LogP contribution in [0.25, 0.3) is 0 Å². The number of benzene rings is 1. The maximum absolute atomic E-state index is 5.85. The molecule has 0 aliphatic rings. The summed E-state index contributed by atoms with van der Waals surface area (Å²) in [4.78, 5) is 8.01. The van der Waals surface area contributed by atoms with Crippen LogP contribution in [0.2, 0.25) is 5.28 Å². The summed E-state index contributed by atoms with van der Waals surface area (Å²) in [5.74, 6) is 1.70. The van der Waals surface area contributed by atoms with Crippen molar-refractivity contribution in [2.24, 2.45) is 0 Å². The molecular weight excluding hydrogens is 248 g/mol. The largest absolute Gasteiger partial charge is 0.438 e. The van der Waals surface area contributed by atoms with Gasteiger partial charge in [0.1, 0.15) is 5.75 Å². The first kappa shape index (κ1) is 12.8. The first-order valence-electron chi connectivity index (χ1n) is 5.84. The highest BCUT2D eigenvalue weighted by Gasteiger charge is 2.10. The summed E-state index contributed by atoms with van der Waals surface area (Å²) in [6.45, 7) is 6.15. The van der Waals surface area contributed by atoms with Gasteiger partial charge in [-0.2, -0.15) is 4.98 Å². The van der Waals surface area contributed by atoms with Crippen molar-refractivity contribution in [2.75, 3.05) is 0 Å². The Bertz CT molecular complexity index is 555. The highest BCUT2D eigenvalue weighted by molar-refractivity contribution is 6.28. The Morgan fingerprint density at radius 3 is 2.67 bits per heavy atom. The zero-order valence-electron chi connectivity index (χ0n) is 10.6. The van der Waals surface area contributed by atoms with E-state index in [1.807, 2.05) is 25.1 Å². The first-order valence-corrected chi connectivity index (χ1v) is 6.21. The first-order chi connectivity index (χ1) is 8.58. The third-order valence-corrected chi connectivity index (χ3v) is 2.83. The van der Waals surface area contributed by atoms with Crippen molar-refractivity contribution in [3.63, 3.8) is 0 Å². The quantitative estimate of drug-likeness (QED) is 0.771. The molecule has 0 saturated carbocycles. The minimum absolute atomic E-state index is 0.192. The van der Waals surface area contributed by atoms with Crippen molar-refractivity contribution in [3.05, 3.63) is 46.9 Å². The Hall–Kier alpha value is -1.61. The predicted octanol–water partition coefficient (Wildman–Crippen LogP) is 4.35. The summed E-state index contributed by atoms with van der Waals surface area (Å²) in [7, 11) is 0. The highest BCUT2D eigenvalue weighted by atomic mass is 35.5. The fraction of sp³-hybridized carbons (Fsp3) is 0.286. The Morgan fingerprint density at radius 1 is 1.22 bits per heavy atom. The molecule has 0 aliphatic heterocycles. The van der Waals surface area contributed by atoms with E-state index in [1.165, 1.54) is 0 Å². The minimum atomic E-state index is 0.192. The summed E-state index contributed by atoms with van der Waals surface area (Å²) in [6, 6.07) is 7.93. The number of ether oxygens (including phenoxy) is 1. The number of para-hydroxylation sites is 1. The van der Waals surface area contributed by atoms with Gasteiger partial charge in [-0.15, -0.1) is 0 Å². The average Bonchev–Trinajstić information content (AvgIpc) is 2.34. The van der Waals surface area contributed by atoms with Crippen molar-refractivity contribution < 1.29 is 4.74 Å². The van der Waals surface area contributed by atoms with Gasteiger partial charge < -0.3 is 4.74 Å². The smallest absolute Gasteiger partial charge is 0.226 e. The Kier molecular flexibility index (Phi) is 3.82. The summed E-state index contributed by atoms with van der Waals surface area (Å²) in [6.07, 6.45) is 1.66. The van der Waals surface area contributed by atoms with Crippen LogP contribution < -0.4 is 4.74 Å². The molecule has 3 nitrogen and oxygen atoms in total. The van der Waals surface area contributed by atoms with Gasteiger partial charge in [0.2, 0.25) is 11.2 Å². The van der Waals surface area contributed by atoms with Gasteiger partial charge >= 0.3 is 0 Å². The van der Waals surface area contributed by atoms with Crippen molar-refractivity contribution in [2.45, 2.75) is 26.7 Å². The average molecular weight is 263 g/mol. The second-order valence-corrected chi connectivity index (χ2v) is 4.76. The van der Waals surface area contributed by atoms with Gasteiger partial charge in [-0.05, 0) is 36.1 Å². The zero-order valence-corrected chi connectivity index (χ0v) is 11.4. The lowest BCUT2D eigenvalue weighted by molar-refractivity contribution is 0.449. The number of nitrogens with zero attached hydrogens (tertiary/aromatic N) is 2. The topological polar surface area (TPSA) is 35.0 Å². The van der Waals surface area contributed by atoms with E-state index in [-0.39, 0.29) is 5.28 Å². The maximum atomic E-state index is 5.85. The third-order valence-electron chi connectivity index (χ3n) is 2.64. The summed E-state index contributed by atoms with van der Waals surface area (Å²) in [5, 5.41) is 0.192. The van der Waals surface area contributed by atoms with Crippen LogP contribution in [-0.4, -0.2) is 9.97 Å². The van der Waals surface area contributed by atoms with Crippen molar-refractivity contribution >= 4 is 11.6 Å². The van der Waals surface area contributed by atoms with Crippen LogP contribution in [-0.2, 0) is 0 Å². The predicted molar refractivity (Wildman–Crippen MR) is 72.4 cm³/mol. The molecule has 4 heteroatoms. The molecule has 2 rings (SSSR count). The van der Waals surface area contributed by atoms with Gasteiger partial charge in [0.25, 0.3) is 0 Å². The molecule has 1 aromatic carbocycles. The molecule has 0 fully saturated rings. The Labute approximate surface area is 112 Å². The van der Waals surface area contributed by atoms with Crippen molar-refractivity contribution in [1.82, 2.24) is 9.97 Å². The molecule has 0 saturated heterocycles. The van der Waals surface area contributed by atoms with Crippen LogP contribution in [0.5, 0.6) is 11.6 Å². The molecule has 0 amide bonds. The van der Waals surface area contributed by atoms with Gasteiger partial charge in [0.05, 0.1) is 0 Å². The molecule has 0 aliphatic carbocycles. The number of aromatic nitrogens is 2. The highest BCUT2D eigenvalue weighted by Crippen LogP contribution is 2.30. The van der Waals surface area contributed by atoms with E-state index >= 15 is 0 Å². The fourth-order valence-electron chi connectivity index (χ4n) is 1.66. The van der Waals surface area contributed by atoms with E-state index < -0.39 is 0 Å². The number of aryl methyl sites for hydroxylation is 1. The maximum Gasteiger partial charge on any atom is 0.226 e. The lowest BCUT2D eigenvalue weighted by Crippen LogP contribution is -1.97. The van der Waals surface area contributed by atoms with Crippen LogP contribution >= 0.6 is 11.6 Å². The molecule has 1 heterocycles. The molecule has 0 N–H and O–H groups in total. The molecule has 0 spiro atoms. The fourth-order valence-corrected chi connectivity index (χ4v) is 1.79. The SMILES string of the molecule is Cc1cnc(Cl)nc1Oc1ccccc1C(C)C. The molecule has 94 valence electrons. The van der Waals surface area contributed by atoms with Crippen molar-refractivity contribution in [3.8, 4) is 11.6 Å². The second kappa shape index (κ2) is 5.36. The molecule has 2 aromatic rings. The molecule has 0 bridgehead atoms. The molecular formula is C14H15ClN2O. The van der Waals surface area contributed by atoms with E-state index in [0.29, 0.717) is 11.8 Å². The second-order valence-electron chi connectivity index (χ2n) is 4.42. The molecule has 1 aromatic heterocycles. The van der Waals surface area contributed by atoms with Crippen molar-refractivity contribution in [1.29, 1.82) is 0 Å². The zero-order chi connectivity index (χ0) is 13.1. The lowest BCUT2D eigenvalue weighted by Gasteiger charge is -2.13. The van der Waals surface area contributed by atoms with Gasteiger partial charge in [0.15, 0.2) is 0 Å². The van der Waals surface area contributed by atoms with Gasteiger partial charge in [0, 0.05) is 11.8 Å². The molecule has 0 radical (unpaired) electrons.